The second kappa shape index (κ2) is 11.1. The molecule has 2 bridgehead atoms. The van der Waals surface area contributed by atoms with Crippen LogP contribution in [0, 0.1) is 11.8 Å². The topological polar surface area (TPSA) is 102 Å². The number of amides is 3. The van der Waals surface area contributed by atoms with Crippen molar-refractivity contribution in [3.63, 3.8) is 0 Å². The van der Waals surface area contributed by atoms with E-state index in [1.807, 2.05) is 54.6 Å². The number of likely N-dealkylation sites (tertiary alicyclic amines) is 1. The maximum atomic E-state index is 14.3. The maximum absolute atomic E-state index is 14.3. The van der Waals surface area contributed by atoms with Gasteiger partial charge in [-0.05, 0) is 50.1 Å². The van der Waals surface area contributed by atoms with E-state index in [2.05, 4.69) is 45.3 Å². The van der Waals surface area contributed by atoms with Gasteiger partial charge >= 0.3 is 0 Å². The van der Waals surface area contributed by atoms with E-state index in [0.717, 1.165) is 24.3 Å². The Balaban J connectivity index is 1.54. The van der Waals surface area contributed by atoms with Crippen LogP contribution in [-0.4, -0.2) is 75.3 Å². The van der Waals surface area contributed by atoms with Crippen LogP contribution >= 0.6 is 27.7 Å². The summed E-state index contributed by atoms with van der Waals surface area (Å²) in [6.07, 6.45) is 0.578. The number of benzene rings is 2. The lowest BCUT2D eigenvalue weighted by atomic mass is 9.70. The van der Waals surface area contributed by atoms with Gasteiger partial charge in [-0.3, -0.25) is 14.4 Å². The number of carbonyl (C=O) groups is 3. The van der Waals surface area contributed by atoms with Gasteiger partial charge in [-0.25, -0.2) is 0 Å². The Kier molecular flexibility index (Phi) is 7.99. The number of thioether (sulfide) groups is 1. The number of hydrogen-bond acceptors (Lipinski definition) is 6. The molecule has 1 spiro atoms. The zero-order valence-corrected chi connectivity index (χ0v) is 24.7. The SMILES string of the molecule is CCN(CC)c1ccc(NC(=O)C2N([C@H](CO)c3ccccc3)C(=O)[C@@H]3[C@H](C(=O)NC)[C@H]4SC23CC4Br)cc1. The maximum Gasteiger partial charge on any atom is 0.248 e. The number of aliphatic hydroxyl groups is 1. The molecule has 0 saturated carbocycles. The van der Waals surface area contributed by atoms with Gasteiger partial charge in [0, 0.05) is 41.6 Å². The highest BCUT2D eigenvalue weighted by molar-refractivity contribution is 9.09. The predicted molar refractivity (Wildman–Crippen MR) is 158 cm³/mol. The first-order valence-corrected chi connectivity index (χ1v) is 15.3. The summed E-state index contributed by atoms with van der Waals surface area (Å²) in [4.78, 5) is 45.3. The molecule has 0 aliphatic carbocycles. The van der Waals surface area contributed by atoms with Crippen LogP contribution in [-0.2, 0) is 14.4 Å². The highest BCUT2D eigenvalue weighted by atomic mass is 79.9. The Labute approximate surface area is 242 Å². The second-order valence-electron chi connectivity index (χ2n) is 10.3. The van der Waals surface area contributed by atoms with E-state index in [9.17, 15) is 19.5 Å². The molecule has 3 heterocycles. The summed E-state index contributed by atoms with van der Waals surface area (Å²) in [6.45, 7) is 5.62. The van der Waals surface area contributed by atoms with Gasteiger partial charge in [0.05, 0.1) is 29.2 Å². The molecule has 2 aromatic carbocycles. The zero-order chi connectivity index (χ0) is 27.9. The van der Waals surface area contributed by atoms with Gasteiger partial charge in [0.25, 0.3) is 0 Å². The van der Waals surface area contributed by atoms with Gasteiger partial charge in [-0.1, -0.05) is 46.3 Å². The van der Waals surface area contributed by atoms with E-state index in [4.69, 9.17) is 0 Å². The summed E-state index contributed by atoms with van der Waals surface area (Å²) in [7, 11) is 1.58. The number of nitrogens with zero attached hydrogens (tertiary/aromatic N) is 2. The molecule has 10 heteroatoms. The van der Waals surface area contributed by atoms with Crippen molar-refractivity contribution in [2.75, 3.05) is 37.0 Å². The normalized spacial score (nSPS) is 29.7. The van der Waals surface area contributed by atoms with Crippen LogP contribution in [0.4, 0.5) is 11.4 Å². The van der Waals surface area contributed by atoms with E-state index in [1.165, 1.54) is 0 Å². The van der Waals surface area contributed by atoms with Gasteiger partial charge < -0.3 is 25.5 Å². The summed E-state index contributed by atoms with van der Waals surface area (Å²) >= 11 is 5.35. The molecule has 3 N–H and O–H groups in total. The number of anilines is 2. The molecule has 3 saturated heterocycles. The molecule has 3 unspecified atom stereocenters. The molecular formula is C29H35BrN4O4S. The minimum Gasteiger partial charge on any atom is -0.394 e. The summed E-state index contributed by atoms with van der Waals surface area (Å²) < 4.78 is -0.791. The van der Waals surface area contributed by atoms with Crippen LogP contribution < -0.4 is 15.5 Å². The third-order valence-corrected chi connectivity index (χ3v) is 11.7. The monoisotopic (exact) mass is 614 g/mol. The second-order valence-corrected chi connectivity index (χ2v) is 13.1. The van der Waals surface area contributed by atoms with Crippen LogP contribution in [0.1, 0.15) is 31.9 Å². The van der Waals surface area contributed by atoms with Crippen LogP contribution in [0.3, 0.4) is 0 Å². The molecule has 0 aromatic heterocycles. The van der Waals surface area contributed by atoms with Crippen LogP contribution in [0.15, 0.2) is 54.6 Å². The molecule has 39 heavy (non-hydrogen) atoms. The zero-order valence-electron chi connectivity index (χ0n) is 22.3. The standard InChI is InChI=1S/C29H35BrN4O4S/c1-4-33(5-2)19-13-11-18(12-14-19)32-27(37)25-29-15-20(30)24(39-29)22(26(36)31-3)23(29)28(38)34(25)21(16-35)17-9-7-6-8-10-17/h6-14,20-25,35H,4-5,15-16H2,1-3H3,(H,31,36)(H,32,37)/t20?,21-,22+,23+,24+,25?,29?/m1/s1. The lowest BCUT2D eigenvalue weighted by Gasteiger charge is -2.37. The average molecular weight is 616 g/mol. The quantitative estimate of drug-likeness (QED) is 0.374. The van der Waals surface area contributed by atoms with Crippen molar-refractivity contribution in [3.8, 4) is 0 Å². The summed E-state index contributed by atoms with van der Waals surface area (Å²) in [5, 5.41) is 16.2. The first kappa shape index (κ1) is 28.0. The Morgan fingerprint density at radius 3 is 2.38 bits per heavy atom. The van der Waals surface area contributed by atoms with Crippen molar-refractivity contribution in [2.24, 2.45) is 11.8 Å². The fraction of sp³-hybridized carbons (Fsp3) is 0.483. The van der Waals surface area contributed by atoms with Crippen molar-refractivity contribution in [1.29, 1.82) is 0 Å². The number of hydrogen-bond donors (Lipinski definition) is 3. The van der Waals surface area contributed by atoms with Crippen molar-refractivity contribution in [1.82, 2.24) is 10.2 Å². The fourth-order valence-corrected chi connectivity index (χ4v) is 10.4. The van der Waals surface area contributed by atoms with Gasteiger partial charge in [0.2, 0.25) is 17.7 Å². The Hall–Kier alpha value is -2.56. The van der Waals surface area contributed by atoms with Gasteiger partial charge in [0.15, 0.2) is 0 Å². The number of aliphatic hydroxyl groups excluding tert-OH is 1. The van der Waals surface area contributed by atoms with E-state index >= 15 is 0 Å². The Morgan fingerprint density at radius 1 is 1.13 bits per heavy atom. The molecule has 3 fully saturated rings. The fourth-order valence-electron chi connectivity index (χ4n) is 6.75. The first-order valence-electron chi connectivity index (χ1n) is 13.5. The molecule has 8 nitrogen and oxygen atoms in total. The van der Waals surface area contributed by atoms with Crippen molar-refractivity contribution >= 4 is 56.8 Å². The number of alkyl halides is 1. The number of rotatable bonds is 9. The lowest BCUT2D eigenvalue weighted by molar-refractivity contribution is -0.142. The lowest BCUT2D eigenvalue weighted by Crippen LogP contribution is -2.53. The van der Waals surface area contributed by atoms with Crippen LogP contribution in [0.2, 0.25) is 0 Å². The molecule has 0 radical (unpaired) electrons. The summed E-state index contributed by atoms with van der Waals surface area (Å²) in [5.41, 5.74) is 2.45. The van der Waals surface area contributed by atoms with Crippen LogP contribution in [0.25, 0.3) is 0 Å². The Morgan fingerprint density at radius 2 is 1.79 bits per heavy atom. The molecule has 2 aromatic rings. The van der Waals surface area contributed by atoms with E-state index < -0.39 is 28.7 Å². The largest absolute Gasteiger partial charge is 0.394 e. The van der Waals surface area contributed by atoms with Gasteiger partial charge in [-0.2, -0.15) is 0 Å². The Bertz CT molecular complexity index is 1230. The van der Waals surface area contributed by atoms with E-state index in [-0.39, 0.29) is 34.4 Å². The highest BCUT2D eigenvalue weighted by Crippen LogP contribution is 2.68. The first-order chi connectivity index (χ1) is 18.8. The molecule has 7 atom stereocenters. The van der Waals surface area contributed by atoms with Gasteiger partial charge in [-0.15, -0.1) is 11.8 Å². The minimum absolute atomic E-state index is 0.0123. The molecule has 208 valence electrons. The van der Waals surface area contributed by atoms with Crippen molar-refractivity contribution in [2.45, 2.75) is 47.2 Å². The number of carbonyl (C=O) groups excluding carboxylic acids is 3. The molecule has 3 amide bonds. The third kappa shape index (κ3) is 4.54. The highest BCUT2D eigenvalue weighted by Gasteiger charge is 2.76. The smallest absolute Gasteiger partial charge is 0.248 e. The van der Waals surface area contributed by atoms with Crippen LogP contribution in [0.5, 0.6) is 0 Å². The number of nitrogens with one attached hydrogen (secondary N) is 2. The van der Waals surface area contributed by atoms with Crippen molar-refractivity contribution < 1.29 is 19.5 Å². The molecule has 5 rings (SSSR count). The molecule has 3 aliphatic heterocycles. The number of halogens is 1. The van der Waals surface area contributed by atoms with Gasteiger partial charge in [0.1, 0.15) is 6.04 Å². The average Bonchev–Trinajstić information content (AvgIpc) is 3.54. The molecule has 3 aliphatic rings. The van der Waals surface area contributed by atoms with E-state index in [0.29, 0.717) is 12.1 Å². The molecular weight excluding hydrogens is 580 g/mol. The van der Waals surface area contributed by atoms with E-state index in [1.54, 1.807) is 23.7 Å². The third-order valence-electron chi connectivity index (χ3n) is 8.48. The predicted octanol–water partition coefficient (Wildman–Crippen LogP) is 3.42. The minimum atomic E-state index is -0.862. The summed E-state index contributed by atoms with van der Waals surface area (Å²) in [6, 6.07) is 15.4. The van der Waals surface area contributed by atoms with Crippen molar-refractivity contribution in [3.05, 3.63) is 60.2 Å². The number of fused-ring (bicyclic) bond motifs is 1. The summed E-state index contributed by atoms with van der Waals surface area (Å²) in [5.74, 6) is -1.96.